The van der Waals surface area contributed by atoms with Crippen molar-refractivity contribution in [1.29, 1.82) is 0 Å². The van der Waals surface area contributed by atoms with Gasteiger partial charge < -0.3 is 0 Å². The lowest BCUT2D eigenvalue weighted by atomic mass is 9.96. The standard InChI is InChI=1S/C12H17ClN2O2S2/c1-18-10-4-2-3-9(7-10)15-19(16,17)12-8-14-6-5-11(12)13/h5-6,8-10,15H,2-4,7H2,1H3. The van der Waals surface area contributed by atoms with Crippen LogP contribution in [-0.2, 0) is 10.0 Å². The number of nitrogens with zero attached hydrogens (tertiary/aromatic N) is 1. The second kappa shape index (κ2) is 6.43. The normalized spacial score (nSPS) is 24.3. The number of halogens is 1. The van der Waals surface area contributed by atoms with Crippen LogP contribution in [0.1, 0.15) is 25.7 Å². The summed E-state index contributed by atoms with van der Waals surface area (Å²) in [4.78, 5) is 3.89. The third-order valence-electron chi connectivity index (χ3n) is 3.30. The third kappa shape index (κ3) is 3.84. The number of pyridine rings is 1. The maximum Gasteiger partial charge on any atom is 0.243 e. The Morgan fingerprint density at radius 1 is 1.47 bits per heavy atom. The van der Waals surface area contributed by atoms with Gasteiger partial charge in [0.2, 0.25) is 10.0 Å². The first-order valence-electron chi connectivity index (χ1n) is 6.17. The van der Waals surface area contributed by atoms with Gasteiger partial charge in [-0.05, 0) is 31.6 Å². The van der Waals surface area contributed by atoms with E-state index in [4.69, 9.17) is 11.6 Å². The number of hydrogen-bond acceptors (Lipinski definition) is 4. The molecule has 0 bridgehead atoms. The van der Waals surface area contributed by atoms with E-state index in [0.717, 1.165) is 25.7 Å². The summed E-state index contributed by atoms with van der Waals surface area (Å²) in [6.45, 7) is 0. The number of hydrogen-bond donors (Lipinski definition) is 1. The molecule has 0 aliphatic heterocycles. The highest BCUT2D eigenvalue weighted by atomic mass is 35.5. The fourth-order valence-electron chi connectivity index (χ4n) is 2.31. The highest BCUT2D eigenvalue weighted by Gasteiger charge is 2.27. The Balaban J connectivity index is 2.11. The molecule has 2 atom stereocenters. The molecule has 1 aliphatic carbocycles. The van der Waals surface area contributed by atoms with E-state index in [-0.39, 0.29) is 16.0 Å². The largest absolute Gasteiger partial charge is 0.263 e. The maximum absolute atomic E-state index is 12.3. The van der Waals surface area contributed by atoms with Gasteiger partial charge in [0.25, 0.3) is 0 Å². The second-order valence-electron chi connectivity index (χ2n) is 4.65. The number of aromatic nitrogens is 1. The van der Waals surface area contributed by atoms with Crippen LogP contribution in [0.3, 0.4) is 0 Å². The van der Waals surface area contributed by atoms with Gasteiger partial charge in [0.1, 0.15) is 4.90 Å². The molecule has 1 heterocycles. The van der Waals surface area contributed by atoms with E-state index in [2.05, 4.69) is 16.0 Å². The minimum absolute atomic E-state index is 0.00697. The van der Waals surface area contributed by atoms with Crippen LogP contribution in [0, 0.1) is 0 Å². The number of thioether (sulfide) groups is 1. The number of rotatable bonds is 4. The van der Waals surface area contributed by atoms with Crippen molar-refractivity contribution in [3.8, 4) is 0 Å². The van der Waals surface area contributed by atoms with Crippen molar-refractivity contribution < 1.29 is 8.42 Å². The molecular formula is C12H17ClN2O2S2. The van der Waals surface area contributed by atoms with Crippen LogP contribution in [-0.4, -0.2) is 30.9 Å². The molecule has 4 nitrogen and oxygen atoms in total. The van der Waals surface area contributed by atoms with E-state index in [1.807, 2.05) is 0 Å². The molecule has 1 saturated carbocycles. The first-order chi connectivity index (χ1) is 9.03. The summed E-state index contributed by atoms with van der Waals surface area (Å²) in [5.41, 5.74) is 0. The molecule has 1 fully saturated rings. The predicted molar refractivity (Wildman–Crippen MR) is 79.1 cm³/mol. The van der Waals surface area contributed by atoms with Crippen molar-refractivity contribution >= 4 is 33.4 Å². The quantitative estimate of drug-likeness (QED) is 0.926. The molecule has 0 aromatic carbocycles. The van der Waals surface area contributed by atoms with Gasteiger partial charge in [-0.25, -0.2) is 13.1 Å². The molecule has 0 radical (unpaired) electrons. The van der Waals surface area contributed by atoms with Crippen LogP contribution in [0.5, 0.6) is 0 Å². The first kappa shape index (κ1) is 15.1. The molecule has 2 rings (SSSR count). The molecule has 106 valence electrons. The third-order valence-corrected chi connectivity index (χ3v) is 6.39. The molecule has 2 unspecified atom stereocenters. The van der Waals surface area contributed by atoms with E-state index in [1.165, 1.54) is 18.5 Å². The van der Waals surface area contributed by atoms with Crippen molar-refractivity contribution in [3.05, 3.63) is 23.5 Å². The van der Waals surface area contributed by atoms with Crippen molar-refractivity contribution in [1.82, 2.24) is 9.71 Å². The van der Waals surface area contributed by atoms with Crippen LogP contribution in [0.15, 0.2) is 23.4 Å². The van der Waals surface area contributed by atoms with Gasteiger partial charge in [-0.2, -0.15) is 11.8 Å². The van der Waals surface area contributed by atoms with Gasteiger partial charge in [-0.15, -0.1) is 0 Å². The predicted octanol–water partition coefficient (Wildman–Crippen LogP) is 2.69. The minimum atomic E-state index is -3.58. The molecule has 1 aromatic rings. The SMILES string of the molecule is CSC1CCCC(NS(=O)(=O)c2cnccc2Cl)C1. The number of nitrogens with one attached hydrogen (secondary N) is 1. The van der Waals surface area contributed by atoms with Crippen molar-refractivity contribution in [2.24, 2.45) is 0 Å². The zero-order valence-electron chi connectivity index (χ0n) is 10.7. The summed E-state index contributed by atoms with van der Waals surface area (Å²) in [7, 11) is -3.58. The Labute approximate surface area is 123 Å². The Morgan fingerprint density at radius 3 is 2.95 bits per heavy atom. The van der Waals surface area contributed by atoms with E-state index in [0.29, 0.717) is 5.25 Å². The zero-order valence-corrected chi connectivity index (χ0v) is 13.1. The summed E-state index contributed by atoms with van der Waals surface area (Å²) >= 11 is 7.72. The molecule has 0 amide bonds. The van der Waals surface area contributed by atoms with E-state index in [1.54, 1.807) is 11.8 Å². The molecule has 0 spiro atoms. The lowest BCUT2D eigenvalue weighted by Gasteiger charge is -2.28. The van der Waals surface area contributed by atoms with Crippen LogP contribution in [0.4, 0.5) is 0 Å². The van der Waals surface area contributed by atoms with E-state index < -0.39 is 10.0 Å². The van der Waals surface area contributed by atoms with E-state index in [9.17, 15) is 8.42 Å². The van der Waals surface area contributed by atoms with Crippen molar-refractivity contribution in [2.45, 2.75) is 41.9 Å². The Kier molecular flexibility index (Phi) is 5.11. The smallest absolute Gasteiger partial charge is 0.243 e. The van der Waals surface area contributed by atoms with Gasteiger partial charge in [0, 0.05) is 23.7 Å². The highest BCUT2D eigenvalue weighted by Crippen LogP contribution is 2.28. The molecule has 1 aromatic heterocycles. The van der Waals surface area contributed by atoms with Crippen LogP contribution < -0.4 is 4.72 Å². The Hall–Kier alpha value is -0.300. The molecule has 19 heavy (non-hydrogen) atoms. The number of sulfonamides is 1. The Morgan fingerprint density at radius 2 is 2.26 bits per heavy atom. The maximum atomic E-state index is 12.3. The van der Waals surface area contributed by atoms with Gasteiger partial charge >= 0.3 is 0 Å². The van der Waals surface area contributed by atoms with Crippen LogP contribution >= 0.6 is 23.4 Å². The summed E-state index contributed by atoms with van der Waals surface area (Å²) in [6.07, 6.45) is 8.81. The summed E-state index contributed by atoms with van der Waals surface area (Å²) in [5, 5.41) is 0.741. The molecule has 1 N–H and O–H groups in total. The van der Waals surface area contributed by atoms with Gasteiger partial charge in [0.05, 0.1) is 5.02 Å². The molecular weight excluding hydrogens is 304 g/mol. The Bertz CT molecular complexity index is 536. The van der Waals surface area contributed by atoms with Gasteiger partial charge in [-0.1, -0.05) is 18.0 Å². The minimum Gasteiger partial charge on any atom is -0.263 e. The van der Waals surface area contributed by atoms with Gasteiger partial charge in [0.15, 0.2) is 0 Å². The van der Waals surface area contributed by atoms with Crippen LogP contribution in [0.25, 0.3) is 0 Å². The lowest BCUT2D eigenvalue weighted by molar-refractivity contribution is 0.420. The fourth-order valence-corrected chi connectivity index (χ4v) is 4.85. The van der Waals surface area contributed by atoms with Crippen LogP contribution in [0.2, 0.25) is 5.02 Å². The zero-order chi connectivity index (χ0) is 13.9. The molecule has 1 aliphatic rings. The summed E-state index contributed by atoms with van der Waals surface area (Å²) in [5.74, 6) is 0. The highest BCUT2D eigenvalue weighted by molar-refractivity contribution is 7.99. The second-order valence-corrected chi connectivity index (χ2v) is 7.88. The monoisotopic (exact) mass is 320 g/mol. The summed E-state index contributed by atoms with van der Waals surface area (Å²) < 4.78 is 27.3. The molecule has 0 saturated heterocycles. The summed E-state index contributed by atoms with van der Waals surface area (Å²) in [6, 6.07) is 1.48. The van der Waals surface area contributed by atoms with E-state index >= 15 is 0 Å². The fraction of sp³-hybridized carbons (Fsp3) is 0.583. The van der Waals surface area contributed by atoms with Crippen molar-refractivity contribution in [2.75, 3.05) is 6.26 Å². The average molecular weight is 321 g/mol. The molecule has 7 heteroatoms. The average Bonchev–Trinajstić information content (AvgIpc) is 2.38. The van der Waals surface area contributed by atoms with Crippen molar-refractivity contribution in [3.63, 3.8) is 0 Å². The lowest BCUT2D eigenvalue weighted by Crippen LogP contribution is -2.39. The van der Waals surface area contributed by atoms with Gasteiger partial charge in [-0.3, -0.25) is 4.98 Å². The first-order valence-corrected chi connectivity index (χ1v) is 9.32. The topological polar surface area (TPSA) is 59.1 Å².